The Kier molecular flexibility index (Phi) is 5.18. The third-order valence-electron chi connectivity index (χ3n) is 6.32. The summed E-state index contributed by atoms with van der Waals surface area (Å²) in [5, 5.41) is 4.71. The van der Waals surface area contributed by atoms with Gasteiger partial charge in [-0.05, 0) is 61.9 Å². The highest BCUT2D eigenvalue weighted by atomic mass is 35.5. The van der Waals surface area contributed by atoms with Gasteiger partial charge in [0.25, 0.3) is 5.91 Å². The number of likely N-dealkylation sites (tertiary alicyclic amines) is 1. The van der Waals surface area contributed by atoms with Crippen molar-refractivity contribution < 1.29 is 13.9 Å². The number of carbonyl (C=O) groups excluding carboxylic acids is 1. The Bertz CT molecular complexity index is 1140. The zero-order chi connectivity index (χ0) is 21.5. The normalized spacial score (nSPS) is 17.4. The summed E-state index contributed by atoms with van der Waals surface area (Å²) < 4.78 is 21.0. The summed E-state index contributed by atoms with van der Waals surface area (Å²) >= 11 is 5.84. The first-order valence-corrected chi connectivity index (χ1v) is 10.9. The lowest BCUT2D eigenvalue weighted by Crippen LogP contribution is -2.52. The third-order valence-corrected chi connectivity index (χ3v) is 6.62. The Morgan fingerprint density at radius 3 is 2.71 bits per heavy atom. The molecule has 5 rings (SSSR count). The molecule has 1 unspecified atom stereocenters. The largest absolute Gasteiger partial charge is 0.497 e. The molecule has 1 amide bonds. The molecule has 5 nitrogen and oxygen atoms in total. The molecule has 1 aliphatic carbocycles. The lowest BCUT2D eigenvalue weighted by atomic mass is 9.94. The van der Waals surface area contributed by atoms with Gasteiger partial charge < -0.3 is 9.64 Å². The van der Waals surface area contributed by atoms with E-state index in [2.05, 4.69) is 5.10 Å². The Hall–Kier alpha value is -2.86. The molecule has 3 aromatic rings. The van der Waals surface area contributed by atoms with Crippen LogP contribution in [0.3, 0.4) is 0 Å². The fourth-order valence-corrected chi connectivity index (χ4v) is 4.65. The predicted octanol–water partition coefficient (Wildman–Crippen LogP) is 4.62. The van der Waals surface area contributed by atoms with E-state index >= 15 is 0 Å². The van der Waals surface area contributed by atoms with E-state index in [1.165, 1.54) is 17.7 Å². The van der Waals surface area contributed by atoms with Crippen LogP contribution < -0.4 is 4.74 Å². The van der Waals surface area contributed by atoms with Gasteiger partial charge in [0.05, 0.1) is 17.8 Å². The molecule has 0 saturated carbocycles. The molecule has 0 radical (unpaired) electrons. The Morgan fingerprint density at radius 1 is 1.23 bits per heavy atom. The van der Waals surface area contributed by atoms with Crippen LogP contribution in [-0.2, 0) is 19.3 Å². The first kappa shape index (κ1) is 20.1. The minimum Gasteiger partial charge on any atom is -0.497 e. The van der Waals surface area contributed by atoms with Crippen LogP contribution in [0.25, 0.3) is 5.69 Å². The summed E-state index contributed by atoms with van der Waals surface area (Å²) in [5.41, 5.74) is 4.27. The van der Waals surface area contributed by atoms with E-state index in [0.717, 1.165) is 55.7 Å². The maximum atomic E-state index is 14.0. The van der Waals surface area contributed by atoms with Crippen LogP contribution in [0.15, 0.2) is 42.5 Å². The summed E-state index contributed by atoms with van der Waals surface area (Å²) in [6, 6.07) is 12.8. The van der Waals surface area contributed by atoms with Crippen LogP contribution in [0.4, 0.5) is 4.39 Å². The first-order valence-electron chi connectivity index (χ1n) is 10.5. The molecule has 7 heteroatoms. The summed E-state index contributed by atoms with van der Waals surface area (Å²) in [6.07, 6.45) is 4.40. The van der Waals surface area contributed by atoms with Crippen molar-refractivity contribution in [1.29, 1.82) is 0 Å². The van der Waals surface area contributed by atoms with Gasteiger partial charge in [-0.25, -0.2) is 9.07 Å². The molecule has 1 fully saturated rings. The van der Waals surface area contributed by atoms with Gasteiger partial charge in [0.1, 0.15) is 11.6 Å². The van der Waals surface area contributed by atoms with Crippen LogP contribution in [0, 0.1) is 5.82 Å². The van der Waals surface area contributed by atoms with Gasteiger partial charge >= 0.3 is 0 Å². The van der Waals surface area contributed by atoms with Gasteiger partial charge in [-0.1, -0.05) is 23.7 Å². The quantitative estimate of drug-likeness (QED) is 0.582. The lowest BCUT2D eigenvalue weighted by molar-refractivity contribution is 0.0457. The molecule has 1 aliphatic heterocycles. The summed E-state index contributed by atoms with van der Waals surface area (Å²) in [4.78, 5) is 15.3. The number of rotatable bonds is 5. The van der Waals surface area contributed by atoms with E-state index < -0.39 is 5.82 Å². The number of fused-ring (bicyclic) bond motifs is 1. The second-order valence-electron chi connectivity index (χ2n) is 8.13. The fraction of sp³-hybridized carbons (Fsp3) is 0.333. The number of hydrogen-bond acceptors (Lipinski definition) is 3. The molecular formula is C24H23ClFN3O2. The van der Waals surface area contributed by atoms with E-state index in [1.807, 2.05) is 29.2 Å². The Balaban J connectivity index is 1.39. The minimum absolute atomic E-state index is 0.0314. The van der Waals surface area contributed by atoms with Crippen molar-refractivity contribution in [2.45, 2.75) is 38.1 Å². The monoisotopic (exact) mass is 439 g/mol. The number of halogens is 2. The van der Waals surface area contributed by atoms with Crippen LogP contribution in [0.2, 0.25) is 5.02 Å². The standard InChI is InChI=1S/C24H23ClFN3O2/c1-31-18-8-5-15(6-9-18)13-16-11-12-28(16)24(30)23-19-3-2-4-22(19)29(27-23)17-7-10-20(25)21(26)14-17/h5-10,14,16H,2-4,11-13H2,1H3. The molecule has 1 saturated heterocycles. The van der Waals surface area contributed by atoms with Gasteiger partial charge in [0.15, 0.2) is 5.69 Å². The molecular weight excluding hydrogens is 417 g/mol. The molecule has 1 aromatic heterocycles. The van der Waals surface area contributed by atoms with Gasteiger partial charge in [-0.15, -0.1) is 0 Å². The molecule has 1 atom stereocenters. The molecule has 0 N–H and O–H groups in total. The van der Waals surface area contributed by atoms with Crippen molar-refractivity contribution >= 4 is 17.5 Å². The summed E-state index contributed by atoms with van der Waals surface area (Å²) in [7, 11) is 1.65. The van der Waals surface area contributed by atoms with Crippen molar-refractivity contribution in [2.24, 2.45) is 0 Å². The van der Waals surface area contributed by atoms with Crippen molar-refractivity contribution in [2.75, 3.05) is 13.7 Å². The number of hydrogen-bond donors (Lipinski definition) is 0. The number of benzene rings is 2. The number of methoxy groups -OCH3 is 1. The zero-order valence-electron chi connectivity index (χ0n) is 17.3. The highest BCUT2D eigenvalue weighted by Gasteiger charge is 2.37. The summed E-state index contributed by atoms with van der Waals surface area (Å²) in [5.74, 6) is 0.303. The smallest absolute Gasteiger partial charge is 0.274 e. The molecule has 2 heterocycles. The van der Waals surface area contributed by atoms with E-state index in [0.29, 0.717) is 11.4 Å². The van der Waals surface area contributed by atoms with Crippen molar-refractivity contribution in [3.8, 4) is 11.4 Å². The first-order chi connectivity index (χ1) is 15.0. The maximum Gasteiger partial charge on any atom is 0.274 e. The third kappa shape index (κ3) is 3.59. The SMILES string of the molecule is COc1ccc(CC2CCN2C(=O)c2nn(-c3ccc(Cl)c(F)c3)c3c2CCC3)cc1. The second-order valence-corrected chi connectivity index (χ2v) is 8.54. The van der Waals surface area contributed by atoms with Gasteiger partial charge in [-0.3, -0.25) is 4.79 Å². The highest BCUT2D eigenvalue weighted by molar-refractivity contribution is 6.30. The molecule has 31 heavy (non-hydrogen) atoms. The Morgan fingerprint density at radius 2 is 2.03 bits per heavy atom. The number of carbonyl (C=O) groups is 1. The van der Waals surface area contributed by atoms with Gasteiger partial charge in [0.2, 0.25) is 0 Å². The predicted molar refractivity (Wildman–Crippen MR) is 117 cm³/mol. The number of ether oxygens (including phenoxy) is 1. The minimum atomic E-state index is -0.489. The topological polar surface area (TPSA) is 47.4 Å². The van der Waals surface area contributed by atoms with E-state index in [9.17, 15) is 9.18 Å². The van der Waals surface area contributed by atoms with Crippen molar-refractivity contribution in [3.63, 3.8) is 0 Å². The fourth-order valence-electron chi connectivity index (χ4n) is 4.53. The lowest BCUT2D eigenvalue weighted by Gasteiger charge is -2.41. The van der Waals surface area contributed by atoms with Crippen LogP contribution in [0.5, 0.6) is 5.75 Å². The second kappa shape index (κ2) is 8.00. The summed E-state index contributed by atoms with van der Waals surface area (Å²) in [6.45, 7) is 0.733. The maximum absolute atomic E-state index is 14.0. The molecule has 160 valence electrons. The molecule has 2 aromatic carbocycles. The van der Waals surface area contributed by atoms with Crippen LogP contribution in [0.1, 0.15) is 40.2 Å². The number of amides is 1. The van der Waals surface area contributed by atoms with Crippen molar-refractivity contribution in [3.05, 3.63) is 75.8 Å². The molecule has 2 aliphatic rings. The number of nitrogens with zero attached hydrogens (tertiary/aromatic N) is 3. The van der Waals surface area contributed by atoms with Gasteiger partial charge in [0, 0.05) is 29.9 Å². The van der Waals surface area contributed by atoms with Crippen LogP contribution >= 0.6 is 11.6 Å². The average molecular weight is 440 g/mol. The Labute approximate surface area is 185 Å². The highest BCUT2D eigenvalue weighted by Crippen LogP contribution is 2.32. The van der Waals surface area contributed by atoms with E-state index in [4.69, 9.17) is 16.3 Å². The van der Waals surface area contributed by atoms with Crippen molar-refractivity contribution in [1.82, 2.24) is 14.7 Å². The van der Waals surface area contributed by atoms with E-state index in [-0.39, 0.29) is 17.0 Å². The van der Waals surface area contributed by atoms with Crippen LogP contribution in [-0.4, -0.2) is 40.3 Å². The molecule has 0 bridgehead atoms. The number of aromatic nitrogens is 2. The average Bonchev–Trinajstić information content (AvgIpc) is 3.36. The van der Waals surface area contributed by atoms with Gasteiger partial charge in [-0.2, -0.15) is 5.10 Å². The zero-order valence-corrected chi connectivity index (χ0v) is 18.0. The molecule has 0 spiro atoms. The van der Waals surface area contributed by atoms with E-state index in [1.54, 1.807) is 17.9 Å².